The van der Waals surface area contributed by atoms with Crippen LogP contribution in [0.5, 0.6) is 0 Å². The summed E-state index contributed by atoms with van der Waals surface area (Å²) in [6.45, 7) is 6.36. The zero-order valence-electron chi connectivity index (χ0n) is 13.2. The lowest BCUT2D eigenvalue weighted by molar-refractivity contribution is -0.0241. The summed E-state index contributed by atoms with van der Waals surface area (Å²) in [6.07, 6.45) is 5.29. The van der Waals surface area contributed by atoms with Crippen LogP contribution >= 0.6 is 11.8 Å². The van der Waals surface area contributed by atoms with E-state index in [2.05, 4.69) is 43.4 Å². The Kier molecular flexibility index (Phi) is 4.35. The molecule has 0 saturated heterocycles. The molecule has 1 saturated carbocycles. The predicted molar refractivity (Wildman–Crippen MR) is 89.9 cm³/mol. The van der Waals surface area contributed by atoms with Crippen LogP contribution in [0.25, 0.3) is 0 Å². The van der Waals surface area contributed by atoms with E-state index in [0.29, 0.717) is 10.7 Å². The van der Waals surface area contributed by atoms with Crippen LogP contribution in [0.3, 0.4) is 0 Å². The Morgan fingerprint density at radius 2 is 1.90 bits per heavy atom. The van der Waals surface area contributed by atoms with E-state index in [1.807, 2.05) is 11.8 Å². The van der Waals surface area contributed by atoms with Crippen LogP contribution in [-0.2, 0) is 6.42 Å². The molecule has 2 N–H and O–H groups in total. The van der Waals surface area contributed by atoms with E-state index < -0.39 is 5.60 Å². The van der Waals surface area contributed by atoms with Crippen molar-refractivity contribution in [1.29, 1.82) is 0 Å². The van der Waals surface area contributed by atoms with Crippen molar-refractivity contribution in [3.05, 3.63) is 29.8 Å². The van der Waals surface area contributed by atoms with Gasteiger partial charge < -0.3 is 10.4 Å². The summed E-state index contributed by atoms with van der Waals surface area (Å²) in [5.41, 5.74) is 1.41. The molecule has 21 heavy (non-hydrogen) atoms. The van der Waals surface area contributed by atoms with Crippen molar-refractivity contribution in [3.8, 4) is 0 Å². The van der Waals surface area contributed by atoms with Gasteiger partial charge in [0.25, 0.3) is 0 Å². The summed E-state index contributed by atoms with van der Waals surface area (Å²) >= 11 is 1.98. The van der Waals surface area contributed by atoms with Crippen LogP contribution in [0.4, 0.5) is 0 Å². The lowest BCUT2D eigenvalue weighted by Gasteiger charge is -2.40. The van der Waals surface area contributed by atoms with Gasteiger partial charge in [-0.05, 0) is 49.1 Å². The molecule has 1 aromatic rings. The highest BCUT2D eigenvalue weighted by Gasteiger charge is 2.36. The molecule has 0 bridgehead atoms. The molecular formula is C18H27NOS. The second-order valence-electron chi connectivity index (χ2n) is 7.57. The topological polar surface area (TPSA) is 32.3 Å². The van der Waals surface area contributed by atoms with Crippen molar-refractivity contribution in [3.63, 3.8) is 0 Å². The molecule has 1 heterocycles. The number of aliphatic hydroxyl groups is 1. The molecule has 2 nitrogen and oxygen atoms in total. The fourth-order valence-electron chi connectivity index (χ4n) is 3.40. The minimum Gasteiger partial charge on any atom is -0.389 e. The van der Waals surface area contributed by atoms with Crippen LogP contribution < -0.4 is 5.32 Å². The van der Waals surface area contributed by atoms with Crippen LogP contribution in [-0.4, -0.2) is 29.0 Å². The van der Waals surface area contributed by atoms with Gasteiger partial charge in [0.2, 0.25) is 0 Å². The third kappa shape index (κ3) is 3.82. The highest BCUT2D eigenvalue weighted by molar-refractivity contribution is 8.00. The van der Waals surface area contributed by atoms with E-state index in [0.717, 1.165) is 45.2 Å². The lowest BCUT2D eigenvalue weighted by Crippen LogP contribution is -2.46. The van der Waals surface area contributed by atoms with E-state index in [-0.39, 0.29) is 0 Å². The molecule has 1 unspecified atom stereocenters. The van der Waals surface area contributed by atoms with E-state index >= 15 is 0 Å². The molecule has 0 radical (unpaired) electrons. The standard InChI is InChI=1S/C18H27NOS/c1-17(2)7-9-18(20,10-8-17)13-19-12-15-11-14-5-3-4-6-16(14)21-15/h3-6,15,19-20H,7-13H2,1-2H3. The third-order valence-electron chi connectivity index (χ3n) is 5.07. The monoisotopic (exact) mass is 305 g/mol. The quantitative estimate of drug-likeness (QED) is 0.891. The smallest absolute Gasteiger partial charge is 0.0772 e. The number of thioether (sulfide) groups is 1. The van der Waals surface area contributed by atoms with Crippen molar-refractivity contribution in [2.45, 2.75) is 61.7 Å². The van der Waals surface area contributed by atoms with Gasteiger partial charge in [-0.15, -0.1) is 11.8 Å². The summed E-state index contributed by atoms with van der Waals surface area (Å²) in [5.74, 6) is 0. The maximum Gasteiger partial charge on any atom is 0.0772 e. The van der Waals surface area contributed by atoms with Gasteiger partial charge in [-0.1, -0.05) is 32.0 Å². The van der Waals surface area contributed by atoms with Gasteiger partial charge in [0, 0.05) is 23.2 Å². The summed E-state index contributed by atoms with van der Waals surface area (Å²) in [5, 5.41) is 14.8. The first kappa shape index (κ1) is 15.4. The minimum absolute atomic E-state index is 0.412. The fourth-order valence-corrected chi connectivity index (χ4v) is 4.69. The molecule has 2 aliphatic rings. The molecule has 1 atom stereocenters. The van der Waals surface area contributed by atoms with Gasteiger partial charge in [-0.2, -0.15) is 0 Å². The van der Waals surface area contributed by atoms with E-state index in [1.165, 1.54) is 10.5 Å². The van der Waals surface area contributed by atoms with Crippen molar-refractivity contribution in [2.75, 3.05) is 13.1 Å². The number of rotatable bonds is 4. The average molecular weight is 305 g/mol. The Morgan fingerprint density at radius 3 is 2.62 bits per heavy atom. The molecule has 0 spiro atoms. The Morgan fingerprint density at radius 1 is 1.19 bits per heavy atom. The van der Waals surface area contributed by atoms with Gasteiger partial charge in [-0.25, -0.2) is 0 Å². The molecule has 0 amide bonds. The van der Waals surface area contributed by atoms with Crippen molar-refractivity contribution < 1.29 is 5.11 Å². The molecule has 1 aliphatic carbocycles. The van der Waals surface area contributed by atoms with Crippen LogP contribution in [0.1, 0.15) is 45.1 Å². The first-order valence-electron chi connectivity index (χ1n) is 8.14. The molecule has 3 heteroatoms. The largest absolute Gasteiger partial charge is 0.389 e. The first-order chi connectivity index (χ1) is 9.96. The van der Waals surface area contributed by atoms with Gasteiger partial charge >= 0.3 is 0 Å². The molecule has 3 rings (SSSR count). The molecule has 1 aliphatic heterocycles. The second-order valence-corrected chi connectivity index (χ2v) is 8.91. The SMILES string of the molecule is CC1(C)CCC(O)(CNCC2Cc3ccccc3S2)CC1. The Balaban J connectivity index is 1.43. The lowest BCUT2D eigenvalue weighted by atomic mass is 9.71. The second kappa shape index (κ2) is 5.94. The molecular weight excluding hydrogens is 278 g/mol. The van der Waals surface area contributed by atoms with Crippen LogP contribution in [0.2, 0.25) is 0 Å². The minimum atomic E-state index is -0.481. The number of hydrogen-bond donors (Lipinski definition) is 2. The van der Waals surface area contributed by atoms with Gasteiger partial charge in [-0.3, -0.25) is 0 Å². The summed E-state index contributed by atoms with van der Waals surface area (Å²) in [6, 6.07) is 8.70. The first-order valence-corrected chi connectivity index (χ1v) is 9.02. The normalized spacial score (nSPS) is 26.5. The fraction of sp³-hybridized carbons (Fsp3) is 0.667. The summed E-state index contributed by atoms with van der Waals surface area (Å²) < 4.78 is 0. The van der Waals surface area contributed by atoms with E-state index in [4.69, 9.17) is 0 Å². The van der Waals surface area contributed by atoms with Crippen molar-refractivity contribution >= 4 is 11.8 Å². The van der Waals surface area contributed by atoms with E-state index in [9.17, 15) is 5.11 Å². The van der Waals surface area contributed by atoms with Crippen LogP contribution in [0.15, 0.2) is 29.2 Å². The van der Waals surface area contributed by atoms with Gasteiger partial charge in [0.1, 0.15) is 0 Å². The number of benzene rings is 1. The Bertz CT molecular complexity index is 465. The number of fused-ring (bicyclic) bond motifs is 1. The zero-order valence-corrected chi connectivity index (χ0v) is 14.0. The number of hydrogen-bond acceptors (Lipinski definition) is 3. The average Bonchev–Trinajstić information content (AvgIpc) is 2.85. The predicted octanol–water partition coefficient (Wildman–Crippen LogP) is 3.62. The van der Waals surface area contributed by atoms with Gasteiger partial charge in [0.05, 0.1) is 5.60 Å². The maximum absolute atomic E-state index is 10.7. The summed E-state index contributed by atoms with van der Waals surface area (Å²) in [4.78, 5) is 1.43. The highest BCUT2D eigenvalue weighted by Crippen LogP contribution is 2.40. The molecule has 116 valence electrons. The summed E-state index contributed by atoms with van der Waals surface area (Å²) in [7, 11) is 0. The Labute approximate surface area is 132 Å². The molecule has 1 aromatic carbocycles. The van der Waals surface area contributed by atoms with Crippen LogP contribution in [0, 0.1) is 5.41 Å². The van der Waals surface area contributed by atoms with E-state index in [1.54, 1.807) is 0 Å². The van der Waals surface area contributed by atoms with Gasteiger partial charge in [0.15, 0.2) is 0 Å². The van der Waals surface area contributed by atoms with Crippen molar-refractivity contribution in [2.24, 2.45) is 5.41 Å². The Hall–Kier alpha value is -0.510. The number of nitrogens with one attached hydrogen (secondary N) is 1. The zero-order chi connectivity index (χ0) is 14.9. The van der Waals surface area contributed by atoms with Crippen molar-refractivity contribution in [1.82, 2.24) is 5.32 Å². The molecule has 1 fully saturated rings. The highest BCUT2D eigenvalue weighted by atomic mass is 32.2. The molecule has 0 aromatic heterocycles. The third-order valence-corrected chi connectivity index (χ3v) is 6.39. The maximum atomic E-state index is 10.7.